The van der Waals surface area contributed by atoms with Gasteiger partial charge in [0, 0.05) is 30.8 Å². The van der Waals surface area contributed by atoms with Crippen molar-refractivity contribution in [2.75, 3.05) is 6.54 Å². The van der Waals surface area contributed by atoms with Gasteiger partial charge in [-0.15, -0.1) is 0 Å². The lowest BCUT2D eigenvalue weighted by Gasteiger charge is -2.28. The van der Waals surface area contributed by atoms with Crippen LogP contribution in [0.1, 0.15) is 21.6 Å². The number of hydrogen-bond acceptors (Lipinski definition) is 3. The molecule has 0 saturated carbocycles. The van der Waals surface area contributed by atoms with Gasteiger partial charge >= 0.3 is 0 Å². The zero-order valence-electron chi connectivity index (χ0n) is 10.4. The average molecular weight is 254 g/mol. The molecule has 0 radical (unpaired) electrons. The van der Waals surface area contributed by atoms with E-state index in [4.69, 9.17) is 0 Å². The third-order valence-electron chi connectivity index (χ3n) is 3.33. The number of aromatic hydroxyl groups is 1. The van der Waals surface area contributed by atoms with Crippen molar-refractivity contribution in [1.82, 2.24) is 9.88 Å². The summed E-state index contributed by atoms with van der Waals surface area (Å²) < 4.78 is 0. The van der Waals surface area contributed by atoms with Gasteiger partial charge in [0.25, 0.3) is 5.91 Å². The predicted octanol–water partition coefficient (Wildman–Crippen LogP) is 1.99. The van der Waals surface area contributed by atoms with Crippen molar-refractivity contribution >= 4 is 5.91 Å². The monoisotopic (exact) mass is 254 g/mol. The molecule has 2 heterocycles. The van der Waals surface area contributed by atoms with Crippen LogP contribution in [0, 0.1) is 0 Å². The number of aromatic nitrogens is 1. The minimum Gasteiger partial charge on any atom is -0.506 e. The van der Waals surface area contributed by atoms with Crippen molar-refractivity contribution in [3.63, 3.8) is 0 Å². The molecule has 1 aromatic heterocycles. The fourth-order valence-electron chi connectivity index (χ4n) is 2.35. The van der Waals surface area contributed by atoms with E-state index in [1.807, 2.05) is 30.3 Å². The van der Waals surface area contributed by atoms with E-state index in [1.165, 1.54) is 6.20 Å². The van der Waals surface area contributed by atoms with Gasteiger partial charge in [0.05, 0.1) is 6.20 Å². The molecule has 0 spiro atoms. The molecule has 0 unspecified atom stereocenters. The summed E-state index contributed by atoms with van der Waals surface area (Å²) in [6.45, 7) is 1.17. The van der Waals surface area contributed by atoms with Gasteiger partial charge < -0.3 is 10.0 Å². The van der Waals surface area contributed by atoms with Crippen LogP contribution in [0.3, 0.4) is 0 Å². The van der Waals surface area contributed by atoms with E-state index in [-0.39, 0.29) is 11.7 Å². The number of benzene rings is 1. The standard InChI is InChI=1S/C15H14N2O2/c18-13-8-12-10-17(7-6-14(12)16-9-13)15(19)11-4-2-1-3-5-11/h1-5,8-9,18H,6-7,10H2. The van der Waals surface area contributed by atoms with Gasteiger partial charge in [0.1, 0.15) is 5.75 Å². The fraction of sp³-hybridized carbons (Fsp3) is 0.200. The number of carbonyl (C=O) groups is 1. The summed E-state index contributed by atoms with van der Waals surface area (Å²) in [6, 6.07) is 10.9. The molecule has 3 rings (SSSR count). The summed E-state index contributed by atoms with van der Waals surface area (Å²) in [5.74, 6) is 0.169. The highest BCUT2D eigenvalue weighted by Crippen LogP contribution is 2.22. The van der Waals surface area contributed by atoms with Crippen molar-refractivity contribution < 1.29 is 9.90 Å². The van der Waals surface area contributed by atoms with Gasteiger partial charge in [-0.3, -0.25) is 9.78 Å². The Bertz CT molecular complexity index is 611. The quantitative estimate of drug-likeness (QED) is 0.846. The molecular weight excluding hydrogens is 240 g/mol. The Morgan fingerprint density at radius 3 is 2.84 bits per heavy atom. The number of carbonyl (C=O) groups excluding carboxylic acids is 1. The normalized spacial score (nSPS) is 14.0. The Labute approximate surface area is 111 Å². The summed E-state index contributed by atoms with van der Waals surface area (Å²) >= 11 is 0. The number of pyridine rings is 1. The Morgan fingerprint density at radius 1 is 1.26 bits per heavy atom. The smallest absolute Gasteiger partial charge is 0.254 e. The highest BCUT2D eigenvalue weighted by molar-refractivity contribution is 5.94. The Balaban J connectivity index is 1.84. The van der Waals surface area contributed by atoms with Gasteiger partial charge in [-0.05, 0) is 23.8 Å². The highest BCUT2D eigenvalue weighted by atomic mass is 16.3. The van der Waals surface area contributed by atoms with E-state index in [1.54, 1.807) is 11.0 Å². The third kappa shape index (κ3) is 2.29. The Hall–Kier alpha value is -2.36. The lowest BCUT2D eigenvalue weighted by Crippen LogP contribution is -2.36. The molecule has 0 fully saturated rings. The number of amides is 1. The van der Waals surface area contributed by atoms with Crippen molar-refractivity contribution in [3.05, 3.63) is 59.4 Å². The van der Waals surface area contributed by atoms with Crippen LogP contribution in [0.15, 0.2) is 42.6 Å². The molecule has 4 heteroatoms. The molecule has 1 aliphatic heterocycles. The maximum absolute atomic E-state index is 12.3. The van der Waals surface area contributed by atoms with E-state index < -0.39 is 0 Å². The number of fused-ring (bicyclic) bond motifs is 1. The molecule has 1 aromatic carbocycles. The minimum atomic E-state index is 0.0228. The Morgan fingerprint density at radius 2 is 2.05 bits per heavy atom. The molecule has 0 atom stereocenters. The highest BCUT2D eigenvalue weighted by Gasteiger charge is 2.22. The van der Waals surface area contributed by atoms with Crippen LogP contribution in [0.2, 0.25) is 0 Å². The second kappa shape index (κ2) is 4.72. The van der Waals surface area contributed by atoms with Gasteiger partial charge in [0.15, 0.2) is 0 Å². The van der Waals surface area contributed by atoms with Crippen LogP contribution < -0.4 is 0 Å². The van der Waals surface area contributed by atoms with E-state index in [0.29, 0.717) is 18.7 Å². The minimum absolute atomic E-state index is 0.0228. The molecule has 0 saturated heterocycles. The van der Waals surface area contributed by atoms with Gasteiger partial charge in [0.2, 0.25) is 0 Å². The molecule has 2 aromatic rings. The molecule has 0 bridgehead atoms. The second-order valence-electron chi connectivity index (χ2n) is 4.64. The van der Waals surface area contributed by atoms with E-state index >= 15 is 0 Å². The first-order valence-corrected chi connectivity index (χ1v) is 6.25. The van der Waals surface area contributed by atoms with Crippen LogP contribution in [-0.2, 0) is 13.0 Å². The van der Waals surface area contributed by atoms with Gasteiger partial charge in [-0.2, -0.15) is 0 Å². The third-order valence-corrected chi connectivity index (χ3v) is 3.33. The zero-order valence-corrected chi connectivity index (χ0v) is 10.4. The molecule has 1 amide bonds. The maximum Gasteiger partial charge on any atom is 0.254 e. The second-order valence-corrected chi connectivity index (χ2v) is 4.64. The molecule has 96 valence electrons. The lowest BCUT2D eigenvalue weighted by atomic mass is 10.0. The lowest BCUT2D eigenvalue weighted by molar-refractivity contribution is 0.0733. The summed E-state index contributed by atoms with van der Waals surface area (Å²) in [5, 5.41) is 9.46. The van der Waals surface area contributed by atoms with Crippen molar-refractivity contribution in [1.29, 1.82) is 0 Å². The first-order valence-electron chi connectivity index (χ1n) is 6.25. The van der Waals surface area contributed by atoms with Crippen LogP contribution in [0.4, 0.5) is 0 Å². The van der Waals surface area contributed by atoms with E-state index in [0.717, 1.165) is 17.7 Å². The molecule has 4 nitrogen and oxygen atoms in total. The van der Waals surface area contributed by atoms with Crippen LogP contribution in [0.5, 0.6) is 5.75 Å². The topological polar surface area (TPSA) is 53.4 Å². The SMILES string of the molecule is O=C(c1ccccc1)N1CCc2ncc(O)cc2C1. The van der Waals surface area contributed by atoms with Crippen LogP contribution in [0.25, 0.3) is 0 Å². The van der Waals surface area contributed by atoms with Crippen molar-refractivity contribution in [2.24, 2.45) is 0 Å². The Kier molecular flexibility index (Phi) is 2.91. The molecule has 1 aliphatic rings. The van der Waals surface area contributed by atoms with Crippen LogP contribution >= 0.6 is 0 Å². The average Bonchev–Trinajstić information content (AvgIpc) is 2.46. The van der Waals surface area contributed by atoms with E-state index in [2.05, 4.69) is 4.98 Å². The summed E-state index contributed by atoms with van der Waals surface area (Å²) in [6.07, 6.45) is 2.18. The zero-order chi connectivity index (χ0) is 13.2. The number of nitrogens with zero attached hydrogens (tertiary/aromatic N) is 2. The molecule has 19 heavy (non-hydrogen) atoms. The molecule has 0 aliphatic carbocycles. The first-order chi connectivity index (χ1) is 9.24. The maximum atomic E-state index is 12.3. The van der Waals surface area contributed by atoms with Crippen molar-refractivity contribution in [2.45, 2.75) is 13.0 Å². The predicted molar refractivity (Wildman–Crippen MR) is 70.8 cm³/mol. The molecular formula is C15H14N2O2. The van der Waals surface area contributed by atoms with Crippen LogP contribution in [-0.4, -0.2) is 27.4 Å². The fourth-order valence-corrected chi connectivity index (χ4v) is 2.35. The summed E-state index contributed by atoms with van der Waals surface area (Å²) in [7, 11) is 0. The number of rotatable bonds is 1. The largest absolute Gasteiger partial charge is 0.506 e. The molecule has 1 N–H and O–H groups in total. The first kappa shape index (κ1) is 11.7. The van der Waals surface area contributed by atoms with Gasteiger partial charge in [-0.25, -0.2) is 0 Å². The summed E-state index contributed by atoms with van der Waals surface area (Å²) in [5.41, 5.74) is 2.59. The van der Waals surface area contributed by atoms with Gasteiger partial charge in [-0.1, -0.05) is 18.2 Å². The number of hydrogen-bond donors (Lipinski definition) is 1. The van der Waals surface area contributed by atoms with E-state index in [9.17, 15) is 9.90 Å². The van der Waals surface area contributed by atoms with Crippen molar-refractivity contribution in [3.8, 4) is 5.75 Å². The summed E-state index contributed by atoms with van der Waals surface area (Å²) in [4.78, 5) is 18.3.